The number of halogens is 1. The first-order chi connectivity index (χ1) is 4.59. The van der Waals surface area contributed by atoms with Crippen molar-refractivity contribution in [2.75, 3.05) is 6.61 Å². The van der Waals surface area contributed by atoms with E-state index in [1.165, 1.54) is 6.92 Å². The zero-order chi connectivity index (χ0) is 8.15. The van der Waals surface area contributed by atoms with Gasteiger partial charge in [-0.15, -0.1) is 11.6 Å². The molecule has 0 N–H and O–H groups in total. The van der Waals surface area contributed by atoms with E-state index in [1.807, 2.05) is 0 Å². The third-order valence-electron chi connectivity index (χ3n) is 0.850. The molecular weight excluding hydrogens is 179 g/mol. The van der Waals surface area contributed by atoms with Gasteiger partial charge in [-0.25, -0.2) is 4.79 Å². The molecule has 0 rings (SSSR count). The summed E-state index contributed by atoms with van der Waals surface area (Å²) in [6, 6.07) is 0. The number of hydrogen-bond acceptors (Lipinski definition) is 3. The fraction of sp³-hybridized carbons (Fsp3) is 0.667. The SMILES string of the molecule is CCOC(=O)C(Cl)C(C)=O.[H-].[Na+]. The van der Waals surface area contributed by atoms with Gasteiger partial charge in [0.05, 0.1) is 6.61 Å². The van der Waals surface area contributed by atoms with Crippen LogP contribution < -0.4 is 29.6 Å². The van der Waals surface area contributed by atoms with E-state index in [0.717, 1.165) is 0 Å². The van der Waals surface area contributed by atoms with Crippen LogP contribution in [0.4, 0.5) is 0 Å². The van der Waals surface area contributed by atoms with Gasteiger partial charge in [0.1, 0.15) is 0 Å². The van der Waals surface area contributed by atoms with Gasteiger partial charge in [-0.3, -0.25) is 4.79 Å². The molecule has 11 heavy (non-hydrogen) atoms. The molecule has 1 unspecified atom stereocenters. The molecule has 1 atom stereocenters. The van der Waals surface area contributed by atoms with Crippen molar-refractivity contribution in [1.29, 1.82) is 0 Å². The molecule has 0 bridgehead atoms. The smallest absolute Gasteiger partial charge is 1.00 e. The van der Waals surface area contributed by atoms with Crippen molar-refractivity contribution in [3.63, 3.8) is 0 Å². The Balaban J connectivity index is -0.000000405. The molecule has 0 aliphatic rings. The summed E-state index contributed by atoms with van der Waals surface area (Å²) in [5, 5.41) is -1.14. The Bertz CT molecular complexity index is 154. The molecule has 0 aromatic heterocycles. The minimum absolute atomic E-state index is 0. The summed E-state index contributed by atoms with van der Waals surface area (Å²) in [6.07, 6.45) is 0. The third-order valence-corrected chi connectivity index (χ3v) is 1.34. The Morgan fingerprint density at radius 3 is 2.36 bits per heavy atom. The van der Waals surface area contributed by atoms with Crippen LogP contribution in [-0.4, -0.2) is 23.7 Å². The molecule has 0 heterocycles. The predicted octanol–water partition coefficient (Wildman–Crippen LogP) is -2.14. The molecule has 3 nitrogen and oxygen atoms in total. The molecule has 0 fully saturated rings. The first-order valence-electron chi connectivity index (χ1n) is 2.90. The molecule has 0 saturated heterocycles. The fourth-order valence-electron chi connectivity index (χ4n) is 0.381. The first kappa shape index (κ1) is 14.0. The van der Waals surface area contributed by atoms with Gasteiger partial charge < -0.3 is 6.16 Å². The number of rotatable bonds is 3. The monoisotopic (exact) mass is 188 g/mol. The molecule has 0 aliphatic heterocycles. The van der Waals surface area contributed by atoms with E-state index >= 15 is 0 Å². The third kappa shape index (κ3) is 5.67. The van der Waals surface area contributed by atoms with Crippen LogP contribution in [0.15, 0.2) is 0 Å². The van der Waals surface area contributed by atoms with Crippen LogP contribution in [0.5, 0.6) is 0 Å². The number of carbonyl (C=O) groups is 2. The van der Waals surface area contributed by atoms with E-state index in [4.69, 9.17) is 11.6 Å². The summed E-state index contributed by atoms with van der Waals surface area (Å²) < 4.78 is 4.47. The quantitative estimate of drug-likeness (QED) is 0.220. The molecule has 0 amide bonds. The Morgan fingerprint density at radius 2 is 2.09 bits per heavy atom. The molecule has 60 valence electrons. The molecule has 0 aromatic carbocycles. The van der Waals surface area contributed by atoms with Crippen LogP contribution >= 0.6 is 11.6 Å². The average molecular weight is 189 g/mol. The van der Waals surface area contributed by atoms with Crippen molar-refractivity contribution < 1.29 is 45.3 Å². The maximum Gasteiger partial charge on any atom is 1.00 e. The molecule has 0 radical (unpaired) electrons. The number of carbonyl (C=O) groups excluding carboxylic acids is 2. The van der Waals surface area contributed by atoms with Crippen molar-refractivity contribution in [3.8, 4) is 0 Å². The van der Waals surface area contributed by atoms with Crippen LogP contribution in [0.25, 0.3) is 0 Å². The normalized spacial score (nSPS) is 11.2. The van der Waals surface area contributed by atoms with E-state index in [1.54, 1.807) is 6.92 Å². The summed E-state index contributed by atoms with van der Waals surface area (Å²) in [4.78, 5) is 21.0. The van der Waals surface area contributed by atoms with Crippen molar-refractivity contribution >= 4 is 23.4 Å². The maximum atomic E-state index is 10.6. The fourth-order valence-corrected chi connectivity index (χ4v) is 0.444. The Kier molecular flexibility index (Phi) is 9.02. The Morgan fingerprint density at radius 1 is 1.64 bits per heavy atom. The largest absolute Gasteiger partial charge is 1.00 e. The van der Waals surface area contributed by atoms with Crippen LogP contribution in [0.3, 0.4) is 0 Å². The molecule has 5 heteroatoms. The molecule has 0 saturated carbocycles. The maximum absolute atomic E-state index is 10.6. The number of Topliss-reactive ketones (excluding diaryl/α,β-unsaturated/α-hetero) is 1. The van der Waals surface area contributed by atoms with E-state index in [9.17, 15) is 9.59 Å². The van der Waals surface area contributed by atoms with Gasteiger partial charge in [-0.05, 0) is 13.8 Å². The summed E-state index contributed by atoms with van der Waals surface area (Å²) in [5.74, 6) is -1.06. The Hall–Kier alpha value is 0.430. The number of esters is 1. The van der Waals surface area contributed by atoms with Crippen LogP contribution in [0.2, 0.25) is 0 Å². The number of hydrogen-bond donors (Lipinski definition) is 0. The average Bonchev–Trinajstić information content (AvgIpc) is 1.87. The standard InChI is InChI=1S/C6H9ClO3.Na.H/c1-3-10-6(9)5(7)4(2)8;;/h5H,3H2,1-2H3;;/q;+1;-1. The van der Waals surface area contributed by atoms with Gasteiger partial charge in [-0.1, -0.05) is 0 Å². The summed E-state index contributed by atoms with van der Waals surface area (Å²) in [6.45, 7) is 3.14. The van der Waals surface area contributed by atoms with Gasteiger partial charge in [0.25, 0.3) is 0 Å². The van der Waals surface area contributed by atoms with E-state index in [-0.39, 0.29) is 43.4 Å². The zero-order valence-corrected chi connectivity index (χ0v) is 9.64. The number of ketones is 1. The van der Waals surface area contributed by atoms with E-state index < -0.39 is 11.3 Å². The molecule has 0 spiro atoms. The van der Waals surface area contributed by atoms with Gasteiger partial charge in [0.15, 0.2) is 11.2 Å². The van der Waals surface area contributed by atoms with Crippen LogP contribution in [-0.2, 0) is 14.3 Å². The van der Waals surface area contributed by atoms with Gasteiger partial charge in [0.2, 0.25) is 0 Å². The Labute approximate surface area is 94.2 Å². The number of ether oxygens (including phenoxy) is 1. The molecule has 0 aliphatic carbocycles. The minimum Gasteiger partial charge on any atom is -1.00 e. The van der Waals surface area contributed by atoms with Crippen molar-refractivity contribution in [2.24, 2.45) is 0 Å². The van der Waals surface area contributed by atoms with Gasteiger partial charge >= 0.3 is 35.5 Å². The van der Waals surface area contributed by atoms with Crippen LogP contribution in [0.1, 0.15) is 15.3 Å². The van der Waals surface area contributed by atoms with Gasteiger partial charge in [0, 0.05) is 0 Å². The number of alkyl halides is 1. The van der Waals surface area contributed by atoms with E-state index in [0.29, 0.717) is 0 Å². The summed E-state index contributed by atoms with van der Waals surface area (Å²) in [5.41, 5.74) is 0. The molecular formula is C6H10ClNaO3. The van der Waals surface area contributed by atoms with Crippen LogP contribution in [0, 0.1) is 0 Å². The van der Waals surface area contributed by atoms with E-state index in [2.05, 4.69) is 4.74 Å². The van der Waals surface area contributed by atoms with Crippen molar-refractivity contribution in [3.05, 3.63) is 0 Å². The summed E-state index contributed by atoms with van der Waals surface area (Å²) in [7, 11) is 0. The summed E-state index contributed by atoms with van der Waals surface area (Å²) >= 11 is 5.32. The second-order valence-electron chi connectivity index (χ2n) is 1.73. The van der Waals surface area contributed by atoms with Crippen molar-refractivity contribution in [1.82, 2.24) is 0 Å². The van der Waals surface area contributed by atoms with Crippen molar-refractivity contribution in [2.45, 2.75) is 19.2 Å². The molecule has 0 aromatic rings. The first-order valence-corrected chi connectivity index (χ1v) is 3.34. The second-order valence-corrected chi connectivity index (χ2v) is 2.16. The predicted molar refractivity (Wildman–Crippen MR) is 38.1 cm³/mol. The van der Waals surface area contributed by atoms with Gasteiger partial charge in [-0.2, -0.15) is 0 Å². The minimum atomic E-state index is -1.14. The topological polar surface area (TPSA) is 43.4 Å². The zero-order valence-electron chi connectivity index (χ0n) is 7.89. The second kappa shape index (κ2) is 7.10.